The van der Waals surface area contributed by atoms with E-state index in [9.17, 15) is 0 Å². The molecule has 0 radical (unpaired) electrons. The van der Waals surface area contributed by atoms with Crippen LogP contribution in [0.1, 0.15) is 11.1 Å². The van der Waals surface area contributed by atoms with E-state index in [1.54, 1.807) is 22.7 Å². The van der Waals surface area contributed by atoms with Gasteiger partial charge in [-0.1, -0.05) is 36.4 Å². The molecule has 0 aliphatic rings. The van der Waals surface area contributed by atoms with E-state index in [2.05, 4.69) is 94.3 Å². The Morgan fingerprint density at radius 2 is 0.812 bits per heavy atom. The zero-order chi connectivity index (χ0) is 21.3. The maximum atomic E-state index is 2.35. The fourth-order valence-corrected chi connectivity index (χ4v) is 9.21. The lowest BCUT2D eigenvalue weighted by atomic mass is 10.1. The summed E-state index contributed by atoms with van der Waals surface area (Å²) in [7, 11) is 0. The van der Waals surface area contributed by atoms with E-state index in [-0.39, 0.29) is 0 Å². The molecular weight excluding hydrogens is 505 g/mol. The van der Waals surface area contributed by atoms with E-state index in [4.69, 9.17) is 0 Å². The number of thiophene rings is 6. The van der Waals surface area contributed by atoms with E-state index < -0.39 is 0 Å². The first kappa shape index (κ1) is 20.5. The van der Waals surface area contributed by atoms with E-state index in [0.29, 0.717) is 0 Å². The van der Waals surface area contributed by atoms with Crippen LogP contribution in [0.3, 0.4) is 0 Å². The van der Waals surface area contributed by atoms with Gasteiger partial charge in [-0.25, -0.2) is 0 Å². The van der Waals surface area contributed by atoms with Gasteiger partial charge in [-0.2, -0.15) is 0 Å². The molecule has 6 aromatic heterocycles. The third-order valence-corrected chi connectivity index (χ3v) is 11.5. The fraction of sp³-hybridized carbons (Fsp3) is 0. The maximum Gasteiger partial charge on any atom is 0.0521 e. The van der Waals surface area contributed by atoms with E-state index in [1.807, 2.05) is 45.3 Å². The minimum absolute atomic E-state index is 1.29. The van der Waals surface area contributed by atoms with E-state index in [1.165, 1.54) is 50.1 Å². The van der Waals surface area contributed by atoms with Crippen LogP contribution in [0.15, 0.2) is 82.2 Å². The molecule has 6 heteroatoms. The summed E-state index contributed by atoms with van der Waals surface area (Å²) in [6, 6.07) is 22.1. The lowest BCUT2D eigenvalue weighted by molar-refractivity contribution is 1.81. The van der Waals surface area contributed by atoms with Gasteiger partial charge in [0.05, 0.1) is 9.75 Å². The highest BCUT2D eigenvalue weighted by atomic mass is 32.1. The SMILES string of the molecule is C(=C\c1cc(-c2cccs2)sc1-c1cccs1)/c1cc(-c2cccs2)sc1-c1cccs1. The Morgan fingerprint density at radius 3 is 1.16 bits per heavy atom. The standard InChI is InChI=1S/C26H16S6/c1-5-19(27-11-1)23-15-17(25(31-23)21-7-3-13-29-21)9-10-18-16-24(20-6-2-12-28-20)32-26(18)22-8-4-14-30-22/h1-16H/b10-9+. The molecule has 0 saturated carbocycles. The number of hydrogen-bond donors (Lipinski definition) is 0. The van der Waals surface area contributed by atoms with Crippen LogP contribution >= 0.6 is 68.0 Å². The molecule has 0 atom stereocenters. The lowest BCUT2D eigenvalue weighted by Gasteiger charge is -1.97. The molecule has 0 aliphatic heterocycles. The van der Waals surface area contributed by atoms with Gasteiger partial charge in [0.1, 0.15) is 0 Å². The van der Waals surface area contributed by atoms with Crippen molar-refractivity contribution in [3.63, 3.8) is 0 Å². The van der Waals surface area contributed by atoms with Crippen LogP contribution in [0.2, 0.25) is 0 Å². The van der Waals surface area contributed by atoms with Gasteiger partial charge in [-0.15, -0.1) is 68.0 Å². The quantitative estimate of drug-likeness (QED) is 0.205. The van der Waals surface area contributed by atoms with Crippen molar-refractivity contribution in [1.29, 1.82) is 0 Å². The second kappa shape index (κ2) is 9.06. The van der Waals surface area contributed by atoms with E-state index in [0.717, 1.165) is 0 Å². The minimum atomic E-state index is 1.29. The topological polar surface area (TPSA) is 0 Å². The molecule has 6 rings (SSSR count). The highest BCUT2D eigenvalue weighted by Gasteiger charge is 2.15. The summed E-state index contributed by atoms with van der Waals surface area (Å²) in [5, 5.41) is 8.63. The zero-order valence-electron chi connectivity index (χ0n) is 16.7. The van der Waals surface area contributed by atoms with Crippen molar-refractivity contribution in [2.24, 2.45) is 0 Å². The molecule has 0 aliphatic carbocycles. The first-order valence-corrected chi connectivity index (χ1v) is 15.1. The molecule has 156 valence electrons. The van der Waals surface area contributed by atoms with E-state index >= 15 is 0 Å². The Kier molecular flexibility index (Phi) is 5.81. The van der Waals surface area contributed by atoms with Crippen LogP contribution < -0.4 is 0 Å². The molecule has 0 bridgehead atoms. The fourth-order valence-electron chi connectivity index (χ4n) is 3.52. The van der Waals surface area contributed by atoms with Gasteiger partial charge in [0.25, 0.3) is 0 Å². The third kappa shape index (κ3) is 4.03. The van der Waals surface area contributed by atoms with Crippen molar-refractivity contribution in [3.8, 4) is 39.0 Å². The van der Waals surface area contributed by atoms with Gasteiger partial charge in [-0.05, 0) is 69.0 Å². The Labute approximate surface area is 211 Å². The van der Waals surface area contributed by atoms with Crippen LogP contribution in [-0.4, -0.2) is 0 Å². The third-order valence-electron chi connectivity index (χ3n) is 4.98. The summed E-state index contributed by atoms with van der Waals surface area (Å²) in [4.78, 5) is 10.7. The van der Waals surface area contributed by atoms with Crippen LogP contribution in [0.25, 0.3) is 51.2 Å². The van der Waals surface area contributed by atoms with Gasteiger partial charge in [0, 0.05) is 29.3 Å². The number of hydrogen-bond acceptors (Lipinski definition) is 6. The summed E-state index contributed by atoms with van der Waals surface area (Å²) in [6.45, 7) is 0. The summed E-state index contributed by atoms with van der Waals surface area (Å²) in [5.74, 6) is 0. The van der Waals surface area contributed by atoms with Gasteiger partial charge in [0.15, 0.2) is 0 Å². The minimum Gasteiger partial charge on any atom is -0.143 e. The van der Waals surface area contributed by atoms with Gasteiger partial charge in [-0.3, -0.25) is 0 Å². The molecule has 0 saturated heterocycles. The summed E-state index contributed by atoms with van der Waals surface area (Å²) in [5.41, 5.74) is 2.59. The average molecular weight is 521 g/mol. The molecule has 0 fully saturated rings. The molecule has 0 aromatic carbocycles. The highest BCUT2D eigenvalue weighted by Crippen LogP contribution is 2.44. The molecule has 6 heterocycles. The van der Waals surface area contributed by atoms with Crippen molar-refractivity contribution < 1.29 is 0 Å². The van der Waals surface area contributed by atoms with Crippen molar-refractivity contribution in [2.45, 2.75) is 0 Å². The van der Waals surface area contributed by atoms with Crippen molar-refractivity contribution in [2.75, 3.05) is 0 Å². The normalized spacial score (nSPS) is 11.6. The Bertz CT molecular complexity index is 1320. The molecular formula is C26H16S6. The first-order chi connectivity index (χ1) is 15.8. The van der Waals surface area contributed by atoms with Gasteiger partial charge < -0.3 is 0 Å². The highest BCUT2D eigenvalue weighted by molar-refractivity contribution is 7.26. The second-order valence-corrected chi connectivity index (χ2v) is 12.9. The summed E-state index contributed by atoms with van der Waals surface area (Å²) in [6.07, 6.45) is 4.61. The molecule has 0 N–H and O–H groups in total. The smallest absolute Gasteiger partial charge is 0.0521 e. The van der Waals surface area contributed by atoms with Crippen molar-refractivity contribution in [1.82, 2.24) is 0 Å². The van der Waals surface area contributed by atoms with Crippen LogP contribution in [0.5, 0.6) is 0 Å². The second-order valence-electron chi connectivity index (χ2n) is 7.03. The summed E-state index contributed by atoms with van der Waals surface area (Å²) >= 11 is 11.0. The van der Waals surface area contributed by atoms with Crippen molar-refractivity contribution in [3.05, 3.63) is 93.3 Å². The molecule has 0 nitrogen and oxygen atoms in total. The largest absolute Gasteiger partial charge is 0.143 e. The maximum absolute atomic E-state index is 2.35. The number of rotatable bonds is 6. The van der Waals surface area contributed by atoms with Gasteiger partial charge >= 0.3 is 0 Å². The first-order valence-electron chi connectivity index (χ1n) is 9.96. The Hall–Kier alpha value is -2.06. The lowest BCUT2D eigenvalue weighted by Crippen LogP contribution is -1.73. The molecule has 32 heavy (non-hydrogen) atoms. The predicted octanol–water partition coefficient (Wildman–Crippen LogP) is 10.9. The molecule has 0 spiro atoms. The zero-order valence-corrected chi connectivity index (χ0v) is 21.6. The molecule has 0 amide bonds. The average Bonchev–Trinajstić information content (AvgIpc) is 3.66. The van der Waals surface area contributed by atoms with Crippen LogP contribution in [0.4, 0.5) is 0 Å². The Morgan fingerprint density at radius 1 is 0.438 bits per heavy atom. The molecule has 6 aromatic rings. The molecule has 0 unspecified atom stereocenters. The predicted molar refractivity (Wildman–Crippen MR) is 151 cm³/mol. The summed E-state index contributed by atoms with van der Waals surface area (Å²) < 4.78 is 0. The van der Waals surface area contributed by atoms with Gasteiger partial charge in [0.2, 0.25) is 0 Å². The van der Waals surface area contributed by atoms with Crippen LogP contribution in [-0.2, 0) is 0 Å². The Balaban J connectivity index is 1.44. The van der Waals surface area contributed by atoms with Crippen molar-refractivity contribution >= 4 is 80.2 Å². The monoisotopic (exact) mass is 520 g/mol. The van der Waals surface area contributed by atoms with Crippen LogP contribution in [0, 0.1) is 0 Å².